The first-order valence-electron chi connectivity index (χ1n) is 4.65. The molecule has 0 fully saturated rings. The van der Waals surface area contributed by atoms with Crippen molar-refractivity contribution in [3.05, 3.63) is 29.6 Å². The van der Waals surface area contributed by atoms with E-state index in [2.05, 4.69) is 0 Å². The second-order valence-electron chi connectivity index (χ2n) is 3.71. The number of rotatable bonds is 4. The number of hydrogen-bond acceptors (Lipinski definition) is 3. The van der Waals surface area contributed by atoms with Crippen LogP contribution in [0.4, 0.5) is 4.39 Å². The number of carbonyl (C=O) groups is 1. The maximum Gasteiger partial charge on any atom is 0.335 e. The number of ether oxygens (including phenoxy) is 1. The maximum absolute atomic E-state index is 12.9. The molecular formula is C11H13FO4. The molecule has 0 saturated carbocycles. The van der Waals surface area contributed by atoms with Gasteiger partial charge in [-0.15, -0.1) is 0 Å². The van der Waals surface area contributed by atoms with Gasteiger partial charge in [0.25, 0.3) is 0 Å². The first-order chi connectivity index (χ1) is 7.36. The zero-order valence-corrected chi connectivity index (χ0v) is 9.03. The van der Waals surface area contributed by atoms with Crippen molar-refractivity contribution < 1.29 is 24.1 Å². The third-order valence-corrected chi connectivity index (χ3v) is 2.24. The summed E-state index contributed by atoms with van der Waals surface area (Å²) >= 11 is 0. The van der Waals surface area contributed by atoms with Crippen molar-refractivity contribution in [3.8, 4) is 5.75 Å². The molecule has 1 rings (SSSR count). The lowest BCUT2D eigenvalue weighted by atomic mass is 9.96. The van der Waals surface area contributed by atoms with Crippen LogP contribution in [0.5, 0.6) is 5.75 Å². The molecule has 0 aliphatic heterocycles. The van der Waals surface area contributed by atoms with Crippen LogP contribution in [0.3, 0.4) is 0 Å². The van der Waals surface area contributed by atoms with Crippen molar-refractivity contribution in [1.82, 2.24) is 0 Å². The summed E-state index contributed by atoms with van der Waals surface area (Å²) in [6, 6.07) is 3.73. The molecule has 0 aromatic heterocycles. The van der Waals surface area contributed by atoms with E-state index >= 15 is 0 Å². The smallest absolute Gasteiger partial charge is 0.335 e. The van der Waals surface area contributed by atoms with Crippen molar-refractivity contribution in [1.29, 1.82) is 0 Å². The first kappa shape index (κ1) is 12.4. The Bertz CT molecular complexity index is 401. The summed E-state index contributed by atoms with van der Waals surface area (Å²) in [5.74, 6) is -1.59. The molecule has 1 unspecified atom stereocenters. The standard InChI is InChI=1S/C11H13FO4/c1-11(15,10(13)14)6-7-3-4-8(12)5-9(7)16-2/h3-5,15H,6H2,1-2H3,(H,13,14). The third kappa shape index (κ3) is 2.70. The van der Waals surface area contributed by atoms with Crippen LogP contribution in [-0.4, -0.2) is 28.9 Å². The monoisotopic (exact) mass is 228 g/mol. The van der Waals surface area contributed by atoms with Crippen molar-refractivity contribution in [3.63, 3.8) is 0 Å². The Kier molecular flexibility index (Phi) is 3.49. The highest BCUT2D eigenvalue weighted by atomic mass is 19.1. The number of benzene rings is 1. The largest absolute Gasteiger partial charge is 0.496 e. The predicted molar refractivity (Wildman–Crippen MR) is 54.9 cm³/mol. The lowest BCUT2D eigenvalue weighted by Gasteiger charge is -2.19. The molecule has 0 saturated heterocycles. The zero-order valence-electron chi connectivity index (χ0n) is 9.03. The van der Waals surface area contributed by atoms with Crippen LogP contribution in [0, 0.1) is 5.82 Å². The molecule has 88 valence electrons. The van der Waals surface area contributed by atoms with Gasteiger partial charge in [0.15, 0.2) is 5.60 Å². The molecule has 0 amide bonds. The molecule has 0 aliphatic rings. The quantitative estimate of drug-likeness (QED) is 0.813. The molecule has 1 aromatic rings. The fraction of sp³-hybridized carbons (Fsp3) is 0.364. The SMILES string of the molecule is COc1cc(F)ccc1CC(C)(O)C(=O)O. The minimum atomic E-state index is -1.90. The van der Waals surface area contributed by atoms with E-state index in [1.807, 2.05) is 0 Å². The Labute approximate surface area is 92.3 Å². The topological polar surface area (TPSA) is 66.8 Å². The van der Waals surface area contributed by atoms with Crippen LogP contribution < -0.4 is 4.74 Å². The summed E-state index contributed by atoms with van der Waals surface area (Å²) in [4.78, 5) is 10.7. The third-order valence-electron chi connectivity index (χ3n) is 2.24. The minimum absolute atomic E-state index is 0.147. The molecule has 4 nitrogen and oxygen atoms in total. The van der Waals surface area contributed by atoms with E-state index < -0.39 is 17.4 Å². The average Bonchev–Trinajstić information content (AvgIpc) is 2.20. The highest BCUT2D eigenvalue weighted by Gasteiger charge is 2.31. The van der Waals surface area contributed by atoms with Crippen LogP contribution in [0.2, 0.25) is 0 Å². The lowest BCUT2D eigenvalue weighted by molar-refractivity contribution is -0.156. The predicted octanol–water partition coefficient (Wildman–Crippen LogP) is 1.21. The summed E-state index contributed by atoms with van der Waals surface area (Å²) in [6.07, 6.45) is -0.147. The number of halogens is 1. The molecule has 1 aromatic carbocycles. The summed E-state index contributed by atoms with van der Waals surface area (Å²) in [7, 11) is 1.35. The van der Waals surface area contributed by atoms with Gasteiger partial charge in [-0.2, -0.15) is 0 Å². The van der Waals surface area contributed by atoms with Crippen LogP contribution in [0.1, 0.15) is 12.5 Å². The number of methoxy groups -OCH3 is 1. The van der Waals surface area contributed by atoms with Crippen LogP contribution in [0.15, 0.2) is 18.2 Å². The van der Waals surface area contributed by atoms with Crippen molar-refractivity contribution in [2.45, 2.75) is 18.9 Å². The Hall–Kier alpha value is -1.62. The first-order valence-corrected chi connectivity index (χ1v) is 4.65. The van der Waals surface area contributed by atoms with E-state index in [9.17, 15) is 14.3 Å². The van der Waals surface area contributed by atoms with Crippen molar-refractivity contribution in [2.24, 2.45) is 0 Å². The number of carboxylic acids is 1. The van der Waals surface area contributed by atoms with Gasteiger partial charge in [-0.3, -0.25) is 0 Å². The molecule has 1 atom stereocenters. The van der Waals surface area contributed by atoms with Crippen LogP contribution in [-0.2, 0) is 11.2 Å². The Balaban J connectivity index is 3.01. The van der Waals surface area contributed by atoms with Gasteiger partial charge in [-0.1, -0.05) is 6.07 Å². The number of aliphatic carboxylic acids is 1. The minimum Gasteiger partial charge on any atom is -0.496 e. The second kappa shape index (κ2) is 4.49. The van der Waals surface area contributed by atoms with Gasteiger partial charge < -0.3 is 14.9 Å². The van der Waals surface area contributed by atoms with Crippen LogP contribution >= 0.6 is 0 Å². The summed E-state index contributed by atoms with van der Waals surface area (Å²) < 4.78 is 17.8. The van der Waals surface area contributed by atoms with E-state index in [4.69, 9.17) is 9.84 Å². The molecule has 0 radical (unpaired) electrons. The summed E-state index contributed by atoms with van der Waals surface area (Å²) in [5.41, 5.74) is -1.46. The summed E-state index contributed by atoms with van der Waals surface area (Å²) in [5, 5.41) is 18.3. The second-order valence-corrected chi connectivity index (χ2v) is 3.71. The average molecular weight is 228 g/mol. The molecular weight excluding hydrogens is 215 g/mol. The molecule has 2 N–H and O–H groups in total. The highest BCUT2D eigenvalue weighted by Crippen LogP contribution is 2.24. The fourth-order valence-electron chi connectivity index (χ4n) is 1.31. The van der Waals surface area contributed by atoms with Gasteiger partial charge in [-0.05, 0) is 18.6 Å². The van der Waals surface area contributed by atoms with Gasteiger partial charge in [0, 0.05) is 12.5 Å². The van der Waals surface area contributed by atoms with Crippen molar-refractivity contribution in [2.75, 3.05) is 7.11 Å². The summed E-state index contributed by atoms with van der Waals surface area (Å²) in [6.45, 7) is 1.18. The number of aliphatic hydroxyl groups is 1. The van der Waals surface area contributed by atoms with Crippen molar-refractivity contribution >= 4 is 5.97 Å². The Morgan fingerprint density at radius 1 is 1.56 bits per heavy atom. The Morgan fingerprint density at radius 2 is 2.19 bits per heavy atom. The van der Waals surface area contributed by atoms with Gasteiger partial charge in [0.05, 0.1) is 7.11 Å². The molecule has 0 bridgehead atoms. The highest BCUT2D eigenvalue weighted by molar-refractivity contribution is 5.77. The molecule has 0 heterocycles. The van der Waals surface area contributed by atoms with E-state index in [0.29, 0.717) is 5.56 Å². The number of hydrogen-bond donors (Lipinski definition) is 2. The van der Waals surface area contributed by atoms with Gasteiger partial charge in [-0.25, -0.2) is 9.18 Å². The number of carboxylic acid groups (broad SMARTS) is 1. The van der Waals surface area contributed by atoms with Gasteiger partial charge >= 0.3 is 5.97 Å². The van der Waals surface area contributed by atoms with Crippen LogP contribution in [0.25, 0.3) is 0 Å². The zero-order chi connectivity index (χ0) is 12.3. The molecule has 5 heteroatoms. The van der Waals surface area contributed by atoms with Gasteiger partial charge in [0.1, 0.15) is 11.6 Å². The lowest BCUT2D eigenvalue weighted by Crippen LogP contribution is -2.37. The molecule has 0 spiro atoms. The van der Waals surface area contributed by atoms with E-state index in [0.717, 1.165) is 6.07 Å². The normalized spacial score (nSPS) is 14.2. The Morgan fingerprint density at radius 3 is 2.69 bits per heavy atom. The van der Waals surface area contributed by atoms with E-state index in [-0.39, 0.29) is 12.2 Å². The maximum atomic E-state index is 12.9. The van der Waals surface area contributed by atoms with E-state index in [1.54, 1.807) is 0 Å². The van der Waals surface area contributed by atoms with E-state index in [1.165, 1.54) is 26.2 Å². The van der Waals surface area contributed by atoms with Gasteiger partial charge in [0.2, 0.25) is 0 Å². The molecule has 16 heavy (non-hydrogen) atoms. The fourth-order valence-corrected chi connectivity index (χ4v) is 1.31. The molecule has 0 aliphatic carbocycles.